The Morgan fingerprint density at radius 1 is 1.39 bits per heavy atom. The highest BCUT2D eigenvalue weighted by Gasteiger charge is 2.31. The van der Waals surface area contributed by atoms with E-state index in [2.05, 4.69) is 5.32 Å². The number of sulfone groups is 1. The van der Waals surface area contributed by atoms with Crippen molar-refractivity contribution in [2.75, 3.05) is 12.3 Å². The van der Waals surface area contributed by atoms with Crippen molar-refractivity contribution in [2.24, 2.45) is 0 Å². The molecule has 1 fully saturated rings. The normalized spacial score (nSPS) is 25.2. The van der Waals surface area contributed by atoms with E-state index in [4.69, 9.17) is 0 Å². The topological polar surface area (TPSA) is 46.2 Å². The second-order valence-corrected chi connectivity index (χ2v) is 7.35. The van der Waals surface area contributed by atoms with Gasteiger partial charge in [-0.05, 0) is 32.6 Å². The molecule has 1 rings (SSSR count). The summed E-state index contributed by atoms with van der Waals surface area (Å²) in [7, 11) is -2.97. The smallest absolute Gasteiger partial charge is 0.313 e. The predicted molar refractivity (Wildman–Crippen MR) is 64.2 cm³/mol. The Hall–Kier alpha value is -0.300. The van der Waals surface area contributed by atoms with Gasteiger partial charge in [0.15, 0.2) is 9.84 Å². The first-order valence-corrected chi connectivity index (χ1v) is 7.94. The molecule has 0 radical (unpaired) electrons. The van der Waals surface area contributed by atoms with Gasteiger partial charge >= 0.3 is 6.18 Å². The van der Waals surface area contributed by atoms with Crippen LogP contribution in [-0.2, 0) is 9.84 Å². The zero-order valence-electron chi connectivity index (χ0n) is 10.5. The molecule has 1 heterocycles. The van der Waals surface area contributed by atoms with E-state index < -0.39 is 22.4 Å². The summed E-state index contributed by atoms with van der Waals surface area (Å²) in [5.41, 5.74) is 0. The summed E-state index contributed by atoms with van der Waals surface area (Å²) in [6.07, 6.45) is -3.04. The van der Waals surface area contributed by atoms with Gasteiger partial charge < -0.3 is 5.32 Å². The van der Waals surface area contributed by atoms with Crippen LogP contribution < -0.4 is 5.32 Å². The minimum Gasteiger partial charge on any atom is -0.313 e. The lowest BCUT2D eigenvalue weighted by Gasteiger charge is -2.17. The Morgan fingerprint density at radius 2 is 2.06 bits per heavy atom. The summed E-state index contributed by atoms with van der Waals surface area (Å²) >= 11 is 0. The van der Waals surface area contributed by atoms with Crippen molar-refractivity contribution < 1.29 is 21.6 Å². The summed E-state index contributed by atoms with van der Waals surface area (Å²) < 4.78 is 58.9. The van der Waals surface area contributed by atoms with Gasteiger partial charge in [0.1, 0.15) is 0 Å². The molecule has 2 atom stereocenters. The Labute approximate surface area is 106 Å². The van der Waals surface area contributed by atoms with Crippen molar-refractivity contribution in [1.82, 2.24) is 5.32 Å². The van der Waals surface area contributed by atoms with Crippen molar-refractivity contribution in [1.29, 1.82) is 0 Å². The molecule has 0 aromatic carbocycles. The molecule has 0 aliphatic carbocycles. The van der Waals surface area contributed by atoms with Crippen LogP contribution in [0.25, 0.3) is 0 Å². The van der Waals surface area contributed by atoms with E-state index >= 15 is 0 Å². The predicted octanol–water partition coefficient (Wildman–Crippen LogP) is 2.27. The number of rotatable bonds is 6. The van der Waals surface area contributed by atoms with Gasteiger partial charge in [0.05, 0.1) is 11.0 Å². The molecular formula is C11H20F3NO2S. The van der Waals surface area contributed by atoms with Crippen molar-refractivity contribution >= 4 is 9.84 Å². The Kier molecular flexibility index (Phi) is 5.46. The second kappa shape index (κ2) is 6.23. The molecule has 1 saturated heterocycles. The molecule has 1 N–H and O–H groups in total. The van der Waals surface area contributed by atoms with Crippen LogP contribution in [0.4, 0.5) is 13.2 Å². The fourth-order valence-corrected chi connectivity index (χ4v) is 3.91. The molecule has 1 aliphatic rings. The Balaban J connectivity index is 2.19. The highest BCUT2D eigenvalue weighted by atomic mass is 32.2. The lowest BCUT2D eigenvalue weighted by Crippen LogP contribution is -2.36. The quantitative estimate of drug-likeness (QED) is 0.815. The summed E-state index contributed by atoms with van der Waals surface area (Å²) in [6, 6.07) is -0.0804. The number of halogens is 3. The van der Waals surface area contributed by atoms with E-state index in [1.807, 2.05) is 0 Å². The van der Waals surface area contributed by atoms with Crippen LogP contribution in [0.5, 0.6) is 0 Å². The van der Waals surface area contributed by atoms with Crippen molar-refractivity contribution in [3.63, 3.8) is 0 Å². The van der Waals surface area contributed by atoms with E-state index in [9.17, 15) is 21.6 Å². The first kappa shape index (κ1) is 15.8. The van der Waals surface area contributed by atoms with Crippen LogP contribution in [-0.4, -0.2) is 38.2 Å². The number of hydrogen-bond donors (Lipinski definition) is 1. The van der Waals surface area contributed by atoms with Crippen LogP contribution in [0.2, 0.25) is 0 Å². The molecule has 0 saturated carbocycles. The molecule has 3 nitrogen and oxygen atoms in total. The molecule has 1 aliphatic heterocycles. The third-order valence-electron chi connectivity index (χ3n) is 3.25. The zero-order valence-corrected chi connectivity index (χ0v) is 11.3. The molecule has 0 bridgehead atoms. The fourth-order valence-electron chi connectivity index (χ4n) is 2.13. The number of hydrogen-bond acceptors (Lipinski definition) is 3. The van der Waals surface area contributed by atoms with Gasteiger partial charge in [0.25, 0.3) is 0 Å². The summed E-state index contributed by atoms with van der Waals surface area (Å²) in [4.78, 5) is 0. The molecule has 18 heavy (non-hydrogen) atoms. The van der Waals surface area contributed by atoms with Crippen LogP contribution in [0, 0.1) is 0 Å². The average molecular weight is 287 g/mol. The van der Waals surface area contributed by atoms with Gasteiger partial charge in [-0.1, -0.05) is 0 Å². The Bertz CT molecular complexity index is 354. The maximum Gasteiger partial charge on any atom is 0.389 e. The van der Waals surface area contributed by atoms with Crippen LogP contribution in [0.3, 0.4) is 0 Å². The lowest BCUT2D eigenvalue weighted by atomic mass is 10.1. The molecule has 0 amide bonds. The zero-order chi connectivity index (χ0) is 13.8. The van der Waals surface area contributed by atoms with Crippen LogP contribution in [0.1, 0.15) is 39.0 Å². The monoisotopic (exact) mass is 287 g/mol. The van der Waals surface area contributed by atoms with Crippen molar-refractivity contribution in [2.45, 2.75) is 56.5 Å². The molecule has 0 spiro atoms. The molecule has 0 aromatic heterocycles. The van der Waals surface area contributed by atoms with E-state index in [1.165, 1.54) is 0 Å². The van der Waals surface area contributed by atoms with Gasteiger partial charge in [0.2, 0.25) is 0 Å². The lowest BCUT2D eigenvalue weighted by molar-refractivity contribution is -0.135. The van der Waals surface area contributed by atoms with E-state index in [1.54, 1.807) is 6.92 Å². The summed E-state index contributed by atoms with van der Waals surface area (Å²) in [6.45, 7) is 2.15. The second-order valence-electron chi connectivity index (χ2n) is 4.95. The van der Waals surface area contributed by atoms with Gasteiger partial charge in [0, 0.05) is 19.0 Å². The maximum absolute atomic E-state index is 11.9. The van der Waals surface area contributed by atoms with Crippen molar-refractivity contribution in [3.05, 3.63) is 0 Å². The van der Waals surface area contributed by atoms with Crippen LogP contribution >= 0.6 is 0 Å². The third kappa shape index (κ3) is 5.56. The molecule has 2 unspecified atom stereocenters. The maximum atomic E-state index is 11.9. The third-order valence-corrected chi connectivity index (χ3v) is 5.53. The Morgan fingerprint density at radius 3 is 2.56 bits per heavy atom. The first-order chi connectivity index (χ1) is 8.21. The minimum absolute atomic E-state index is 0.0785. The van der Waals surface area contributed by atoms with Gasteiger partial charge in [-0.3, -0.25) is 0 Å². The summed E-state index contributed by atoms with van der Waals surface area (Å²) in [5, 5.41) is 2.66. The van der Waals surface area contributed by atoms with E-state index in [-0.39, 0.29) is 23.5 Å². The summed E-state index contributed by atoms with van der Waals surface area (Å²) in [5.74, 6) is 0.238. The standard InChI is InChI=1S/C11H20F3NO2S/c1-9(4-2-6-11(12,13)14)15-8-10-5-3-7-18(10,16)17/h9-10,15H,2-8H2,1H3. The SMILES string of the molecule is CC(CCCC(F)(F)F)NCC1CCCS1(=O)=O. The highest BCUT2D eigenvalue weighted by Crippen LogP contribution is 2.23. The molecule has 0 aromatic rings. The minimum atomic E-state index is -4.10. The van der Waals surface area contributed by atoms with E-state index in [0.717, 1.165) is 0 Å². The van der Waals surface area contributed by atoms with E-state index in [0.29, 0.717) is 25.8 Å². The first-order valence-electron chi connectivity index (χ1n) is 6.22. The average Bonchev–Trinajstić information content (AvgIpc) is 2.52. The van der Waals surface area contributed by atoms with Gasteiger partial charge in [-0.15, -0.1) is 0 Å². The van der Waals surface area contributed by atoms with Gasteiger partial charge in [-0.25, -0.2) is 8.42 Å². The van der Waals surface area contributed by atoms with Crippen molar-refractivity contribution in [3.8, 4) is 0 Å². The van der Waals surface area contributed by atoms with Crippen LogP contribution in [0.15, 0.2) is 0 Å². The fraction of sp³-hybridized carbons (Fsp3) is 1.00. The molecular weight excluding hydrogens is 267 g/mol. The number of nitrogens with one attached hydrogen (secondary N) is 1. The molecule has 108 valence electrons. The molecule has 7 heteroatoms. The largest absolute Gasteiger partial charge is 0.389 e. The highest BCUT2D eigenvalue weighted by molar-refractivity contribution is 7.92. The van der Waals surface area contributed by atoms with Gasteiger partial charge in [-0.2, -0.15) is 13.2 Å². The number of alkyl halides is 3.